The van der Waals surface area contributed by atoms with E-state index >= 15 is 0 Å². The Kier molecular flexibility index (Phi) is 6.63. The van der Waals surface area contributed by atoms with Gasteiger partial charge in [-0.3, -0.25) is 9.69 Å². The number of ether oxygens (including phenoxy) is 1. The summed E-state index contributed by atoms with van der Waals surface area (Å²) in [5, 5.41) is 0. The third-order valence-electron chi connectivity index (χ3n) is 5.81. The van der Waals surface area contributed by atoms with Crippen molar-refractivity contribution in [1.82, 2.24) is 9.80 Å². The van der Waals surface area contributed by atoms with Gasteiger partial charge in [-0.25, -0.2) is 4.39 Å². The highest BCUT2D eigenvalue weighted by Gasteiger charge is 2.22. The summed E-state index contributed by atoms with van der Waals surface area (Å²) in [7, 11) is 1.63. The van der Waals surface area contributed by atoms with Crippen molar-refractivity contribution in [2.45, 2.75) is 13.0 Å². The second-order valence-corrected chi connectivity index (χ2v) is 7.82. The van der Waals surface area contributed by atoms with E-state index in [-0.39, 0.29) is 11.7 Å². The van der Waals surface area contributed by atoms with Gasteiger partial charge in [0.25, 0.3) is 0 Å². The maximum absolute atomic E-state index is 14.3. The molecule has 5 heteroatoms. The average Bonchev–Trinajstić information content (AvgIpc) is 2.81. The minimum Gasteiger partial charge on any atom is -0.497 e. The number of nitrogens with zero attached hydrogens (tertiary/aromatic N) is 2. The van der Waals surface area contributed by atoms with Crippen molar-refractivity contribution in [3.8, 4) is 16.9 Å². The van der Waals surface area contributed by atoms with Crippen LogP contribution in [-0.4, -0.2) is 49.0 Å². The molecular weight excluding hydrogens is 391 g/mol. The molecule has 31 heavy (non-hydrogen) atoms. The maximum atomic E-state index is 14.3. The summed E-state index contributed by atoms with van der Waals surface area (Å²) >= 11 is 0. The van der Waals surface area contributed by atoms with Gasteiger partial charge in [0.15, 0.2) is 0 Å². The first-order valence-electron chi connectivity index (χ1n) is 10.6. The molecule has 0 radical (unpaired) electrons. The Morgan fingerprint density at radius 3 is 2.19 bits per heavy atom. The number of methoxy groups -OCH3 is 1. The van der Waals surface area contributed by atoms with E-state index in [0.717, 1.165) is 42.1 Å². The molecule has 4 rings (SSSR count). The molecule has 0 atom stereocenters. The standard InChI is InChI=1S/C26H27FN2O2/c1-31-22-12-10-20(11-13-22)18-26(30)29-16-14-28(15-17-29)19-21-6-2-3-7-23(21)24-8-4-5-9-25(24)27/h2-13H,14-19H2,1H3. The lowest BCUT2D eigenvalue weighted by atomic mass is 9.98. The lowest BCUT2D eigenvalue weighted by Gasteiger charge is -2.35. The Bertz CT molecular complexity index is 1030. The van der Waals surface area contributed by atoms with Crippen molar-refractivity contribution in [1.29, 1.82) is 0 Å². The van der Waals surface area contributed by atoms with Gasteiger partial charge in [-0.2, -0.15) is 0 Å². The quantitative estimate of drug-likeness (QED) is 0.595. The first kappa shape index (κ1) is 21.1. The van der Waals surface area contributed by atoms with Crippen LogP contribution in [0.5, 0.6) is 5.75 Å². The lowest BCUT2D eigenvalue weighted by Crippen LogP contribution is -2.48. The minimum atomic E-state index is -0.205. The summed E-state index contributed by atoms with van der Waals surface area (Å²) in [6.45, 7) is 3.76. The van der Waals surface area contributed by atoms with E-state index in [1.165, 1.54) is 6.07 Å². The van der Waals surface area contributed by atoms with Crippen LogP contribution >= 0.6 is 0 Å². The van der Waals surface area contributed by atoms with Crippen LogP contribution in [-0.2, 0) is 17.8 Å². The normalized spacial score (nSPS) is 14.5. The summed E-state index contributed by atoms with van der Waals surface area (Å²) in [4.78, 5) is 17.0. The highest BCUT2D eigenvalue weighted by Crippen LogP contribution is 2.27. The highest BCUT2D eigenvalue weighted by atomic mass is 19.1. The van der Waals surface area contributed by atoms with Gasteiger partial charge in [0.2, 0.25) is 5.91 Å². The molecule has 1 amide bonds. The molecule has 0 aromatic heterocycles. The molecule has 1 saturated heterocycles. The molecule has 1 fully saturated rings. The molecule has 4 nitrogen and oxygen atoms in total. The van der Waals surface area contributed by atoms with Crippen molar-refractivity contribution in [2.24, 2.45) is 0 Å². The van der Waals surface area contributed by atoms with E-state index in [9.17, 15) is 9.18 Å². The lowest BCUT2D eigenvalue weighted by molar-refractivity contribution is -0.132. The minimum absolute atomic E-state index is 0.150. The van der Waals surface area contributed by atoms with Gasteiger partial charge in [0, 0.05) is 38.3 Å². The molecule has 0 saturated carbocycles. The molecule has 1 heterocycles. The first-order valence-corrected chi connectivity index (χ1v) is 10.6. The number of carbonyl (C=O) groups excluding carboxylic acids is 1. The Morgan fingerprint density at radius 1 is 0.871 bits per heavy atom. The molecule has 1 aliphatic heterocycles. The molecule has 0 bridgehead atoms. The summed E-state index contributed by atoms with van der Waals surface area (Å²) in [5.74, 6) is 0.737. The van der Waals surface area contributed by atoms with E-state index in [4.69, 9.17) is 4.74 Å². The summed E-state index contributed by atoms with van der Waals surface area (Å²) in [6, 6.07) is 22.5. The maximum Gasteiger partial charge on any atom is 0.227 e. The van der Waals surface area contributed by atoms with E-state index in [1.807, 2.05) is 59.5 Å². The number of benzene rings is 3. The van der Waals surface area contributed by atoms with Gasteiger partial charge in [-0.1, -0.05) is 54.6 Å². The Balaban J connectivity index is 1.35. The third kappa shape index (κ3) is 5.12. The molecule has 0 spiro atoms. The number of amides is 1. The van der Waals surface area contributed by atoms with Gasteiger partial charge in [-0.05, 0) is 34.9 Å². The molecule has 160 valence electrons. The largest absolute Gasteiger partial charge is 0.497 e. The van der Waals surface area contributed by atoms with Gasteiger partial charge in [0.05, 0.1) is 13.5 Å². The topological polar surface area (TPSA) is 32.8 Å². The number of hydrogen-bond acceptors (Lipinski definition) is 3. The predicted molar refractivity (Wildman–Crippen MR) is 120 cm³/mol. The monoisotopic (exact) mass is 418 g/mol. The van der Waals surface area contributed by atoms with Crippen LogP contribution in [0.3, 0.4) is 0 Å². The zero-order valence-electron chi connectivity index (χ0n) is 17.8. The first-order chi connectivity index (χ1) is 15.1. The Morgan fingerprint density at radius 2 is 1.52 bits per heavy atom. The molecule has 0 N–H and O–H groups in total. The van der Waals surface area contributed by atoms with E-state index in [1.54, 1.807) is 13.2 Å². The van der Waals surface area contributed by atoms with Crippen LogP contribution in [0, 0.1) is 5.82 Å². The van der Waals surface area contributed by atoms with Gasteiger partial charge >= 0.3 is 0 Å². The number of hydrogen-bond donors (Lipinski definition) is 0. The SMILES string of the molecule is COc1ccc(CC(=O)N2CCN(Cc3ccccc3-c3ccccc3F)CC2)cc1. The van der Waals surface area contributed by atoms with E-state index < -0.39 is 0 Å². The molecular formula is C26H27FN2O2. The molecule has 0 unspecified atom stereocenters. The van der Waals surface area contributed by atoms with Crippen LogP contribution in [0.4, 0.5) is 4.39 Å². The number of carbonyl (C=O) groups is 1. The second-order valence-electron chi connectivity index (χ2n) is 7.82. The Hall–Kier alpha value is -3.18. The van der Waals surface area contributed by atoms with Gasteiger partial charge in [-0.15, -0.1) is 0 Å². The molecule has 1 aliphatic rings. The van der Waals surface area contributed by atoms with Crippen molar-refractivity contribution >= 4 is 5.91 Å². The fourth-order valence-corrected chi connectivity index (χ4v) is 4.03. The average molecular weight is 419 g/mol. The van der Waals surface area contributed by atoms with Crippen LogP contribution < -0.4 is 4.74 Å². The molecule has 0 aliphatic carbocycles. The summed E-state index contributed by atoms with van der Waals surface area (Å²) < 4.78 is 19.5. The molecule has 3 aromatic carbocycles. The predicted octanol–water partition coefficient (Wildman–Crippen LogP) is 4.39. The van der Waals surface area contributed by atoms with Crippen molar-refractivity contribution in [3.63, 3.8) is 0 Å². The fraction of sp³-hybridized carbons (Fsp3) is 0.269. The third-order valence-corrected chi connectivity index (χ3v) is 5.81. The second kappa shape index (κ2) is 9.75. The van der Waals surface area contributed by atoms with Crippen molar-refractivity contribution in [3.05, 3.63) is 89.7 Å². The van der Waals surface area contributed by atoms with Gasteiger partial charge in [0.1, 0.15) is 11.6 Å². The summed E-state index contributed by atoms with van der Waals surface area (Å²) in [5.41, 5.74) is 3.66. The fourth-order valence-electron chi connectivity index (χ4n) is 4.03. The summed E-state index contributed by atoms with van der Waals surface area (Å²) in [6.07, 6.45) is 0.403. The number of piperazine rings is 1. The van der Waals surface area contributed by atoms with Crippen LogP contribution in [0.25, 0.3) is 11.1 Å². The molecule has 3 aromatic rings. The number of halogens is 1. The van der Waals surface area contributed by atoms with Gasteiger partial charge < -0.3 is 9.64 Å². The smallest absolute Gasteiger partial charge is 0.227 e. The Labute approximate surface area is 182 Å². The van der Waals surface area contributed by atoms with E-state index in [2.05, 4.69) is 11.0 Å². The van der Waals surface area contributed by atoms with Crippen LogP contribution in [0.15, 0.2) is 72.8 Å². The van der Waals surface area contributed by atoms with Crippen molar-refractivity contribution in [2.75, 3.05) is 33.3 Å². The zero-order chi connectivity index (χ0) is 21.6. The highest BCUT2D eigenvalue weighted by molar-refractivity contribution is 5.79. The van der Waals surface area contributed by atoms with Crippen LogP contribution in [0.1, 0.15) is 11.1 Å². The van der Waals surface area contributed by atoms with Crippen LogP contribution in [0.2, 0.25) is 0 Å². The van der Waals surface area contributed by atoms with E-state index in [0.29, 0.717) is 25.1 Å². The van der Waals surface area contributed by atoms with Crippen molar-refractivity contribution < 1.29 is 13.9 Å². The zero-order valence-corrected chi connectivity index (χ0v) is 17.8. The number of rotatable bonds is 6.